The van der Waals surface area contributed by atoms with E-state index in [9.17, 15) is 13.2 Å². The molecule has 0 N–H and O–H groups in total. The highest BCUT2D eigenvalue weighted by Crippen LogP contribution is 2.21. The minimum atomic E-state index is -3.47. The third-order valence-electron chi connectivity index (χ3n) is 4.89. The molecule has 29 heavy (non-hydrogen) atoms. The molecule has 1 aliphatic rings. The highest BCUT2D eigenvalue weighted by Gasteiger charge is 2.27. The molecule has 0 aliphatic carbocycles. The summed E-state index contributed by atoms with van der Waals surface area (Å²) in [6.45, 7) is 1.12. The van der Waals surface area contributed by atoms with Crippen LogP contribution in [0, 0.1) is 0 Å². The van der Waals surface area contributed by atoms with Gasteiger partial charge in [-0.25, -0.2) is 13.1 Å². The molecule has 1 saturated heterocycles. The Bertz CT molecular complexity index is 1130. The summed E-state index contributed by atoms with van der Waals surface area (Å²) < 4.78 is 28.4. The SMILES string of the molecule is O=C(C=Cc1cnn(-c2ccccc2)c1)c1ccc(S(=O)(=O)N2CCCC2)cc1. The summed E-state index contributed by atoms with van der Waals surface area (Å²) in [5, 5.41) is 4.30. The van der Waals surface area contributed by atoms with E-state index >= 15 is 0 Å². The minimum Gasteiger partial charge on any atom is -0.289 e. The number of allylic oxidation sites excluding steroid dienone is 1. The van der Waals surface area contributed by atoms with Gasteiger partial charge in [0.25, 0.3) is 0 Å². The number of sulfonamides is 1. The quantitative estimate of drug-likeness (QED) is 0.463. The van der Waals surface area contributed by atoms with Gasteiger partial charge in [0.1, 0.15) is 0 Å². The topological polar surface area (TPSA) is 72.3 Å². The number of para-hydroxylation sites is 1. The van der Waals surface area contributed by atoms with Crippen LogP contribution in [0.3, 0.4) is 0 Å². The summed E-state index contributed by atoms with van der Waals surface area (Å²) in [5.74, 6) is -0.192. The van der Waals surface area contributed by atoms with E-state index in [0.29, 0.717) is 18.7 Å². The van der Waals surface area contributed by atoms with Gasteiger partial charge in [-0.2, -0.15) is 9.40 Å². The van der Waals surface area contributed by atoms with Crippen molar-refractivity contribution in [3.05, 3.63) is 84.2 Å². The number of nitrogens with zero attached hydrogens (tertiary/aromatic N) is 3. The van der Waals surface area contributed by atoms with Gasteiger partial charge in [0.2, 0.25) is 10.0 Å². The van der Waals surface area contributed by atoms with Crippen LogP contribution < -0.4 is 0 Å². The van der Waals surface area contributed by atoms with Crippen molar-refractivity contribution in [3.63, 3.8) is 0 Å². The Morgan fingerprint density at radius 1 is 0.966 bits per heavy atom. The predicted octanol–water partition coefficient (Wildman–Crippen LogP) is 3.55. The highest BCUT2D eigenvalue weighted by atomic mass is 32.2. The van der Waals surface area contributed by atoms with Gasteiger partial charge in [-0.15, -0.1) is 0 Å². The summed E-state index contributed by atoms with van der Waals surface area (Å²) in [4.78, 5) is 12.7. The first kappa shape index (κ1) is 19.3. The molecule has 0 atom stereocenters. The molecule has 1 fully saturated rings. The lowest BCUT2D eigenvalue weighted by molar-refractivity contribution is 0.104. The minimum absolute atomic E-state index is 0.192. The van der Waals surface area contributed by atoms with Crippen molar-refractivity contribution < 1.29 is 13.2 Å². The third-order valence-corrected chi connectivity index (χ3v) is 6.80. The van der Waals surface area contributed by atoms with E-state index in [2.05, 4.69) is 5.10 Å². The van der Waals surface area contributed by atoms with Gasteiger partial charge < -0.3 is 0 Å². The van der Waals surface area contributed by atoms with E-state index in [0.717, 1.165) is 24.1 Å². The van der Waals surface area contributed by atoms with Crippen molar-refractivity contribution >= 4 is 21.9 Å². The average Bonchev–Trinajstić information content (AvgIpc) is 3.45. The normalized spacial score (nSPS) is 15.2. The van der Waals surface area contributed by atoms with E-state index in [1.165, 1.54) is 22.5 Å². The van der Waals surface area contributed by atoms with E-state index in [-0.39, 0.29) is 10.7 Å². The number of hydrogen-bond acceptors (Lipinski definition) is 4. The van der Waals surface area contributed by atoms with Crippen molar-refractivity contribution in [2.24, 2.45) is 0 Å². The van der Waals surface area contributed by atoms with E-state index in [1.807, 2.05) is 36.5 Å². The Hall–Kier alpha value is -3.03. The van der Waals surface area contributed by atoms with Gasteiger partial charge in [0.15, 0.2) is 5.78 Å². The summed E-state index contributed by atoms with van der Waals surface area (Å²) >= 11 is 0. The first-order valence-electron chi connectivity index (χ1n) is 9.47. The summed E-state index contributed by atoms with van der Waals surface area (Å²) in [6, 6.07) is 15.8. The van der Waals surface area contributed by atoms with Crippen molar-refractivity contribution in [1.29, 1.82) is 0 Å². The fourth-order valence-corrected chi connectivity index (χ4v) is 4.80. The van der Waals surface area contributed by atoms with Crippen LogP contribution in [0.15, 0.2) is 78.0 Å². The zero-order chi connectivity index (χ0) is 20.3. The number of ketones is 1. The third kappa shape index (κ3) is 4.21. The van der Waals surface area contributed by atoms with Gasteiger partial charge in [0, 0.05) is 30.4 Å². The maximum atomic E-state index is 12.6. The van der Waals surface area contributed by atoms with Gasteiger partial charge in [-0.3, -0.25) is 4.79 Å². The molecule has 1 aliphatic heterocycles. The number of aromatic nitrogens is 2. The van der Waals surface area contributed by atoms with Gasteiger partial charge in [-0.05, 0) is 61.4 Å². The molecule has 0 unspecified atom stereocenters. The number of rotatable bonds is 6. The second-order valence-corrected chi connectivity index (χ2v) is 8.82. The zero-order valence-electron chi connectivity index (χ0n) is 15.8. The second kappa shape index (κ2) is 8.14. The van der Waals surface area contributed by atoms with Crippen molar-refractivity contribution in [2.75, 3.05) is 13.1 Å². The largest absolute Gasteiger partial charge is 0.289 e. The molecule has 4 rings (SSSR count). The van der Waals surface area contributed by atoms with Crippen molar-refractivity contribution in [3.8, 4) is 5.69 Å². The van der Waals surface area contributed by atoms with Crippen LogP contribution >= 0.6 is 0 Å². The second-order valence-electron chi connectivity index (χ2n) is 6.89. The van der Waals surface area contributed by atoms with Gasteiger partial charge in [-0.1, -0.05) is 18.2 Å². The van der Waals surface area contributed by atoms with Crippen LogP contribution in [0.5, 0.6) is 0 Å². The number of carbonyl (C=O) groups is 1. The fraction of sp³-hybridized carbons (Fsp3) is 0.182. The van der Waals surface area contributed by atoms with Crippen LogP contribution in [0.1, 0.15) is 28.8 Å². The van der Waals surface area contributed by atoms with Crippen molar-refractivity contribution in [1.82, 2.24) is 14.1 Å². The first-order valence-corrected chi connectivity index (χ1v) is 10.9. The smallest absolute Gasteiger partial charge is 0.243 e. The van der Waals surface area contributed by atoms with Crippen LogP contribution in [0.2, 0.25) is 0 Å². The molecule has 7 heteroatoms. The Morgan fingerprint density at radius 3 is 2.34 bits per heavy atom. The first-order chi connectivity index (χ1) is 14.0. The molecular weight excluding hydrogens is 386 g/mol. The van der Waals surface area contributed by atoms with Crippen molar-refractivity contribution in [2.45, 2.75) is 17.7 Å². The lowest BCUT2D eigenvalue weighted by Crippen LogP contribution is -2.27. The Balaban J connectivity index is 1.45. The summed E-state index contributed by atoms with van der Waals surface area (Å²) in [5.41, 5.74) is 2.18. The summed E-state index contributed by atoms with van der Waals surface area (Å²) in [7, 11) is -3.47. The standard InChI is InChI=1S/C22H21N3O3S/c26-22(13-8-18-16-23-25(17-18)20-6-2-1-3-7-20)19-9-11-21(12-10-19)29(27,28)24-14-4-5-15-24/h1-3,6-13,16-17H,4-5,14-15H2. The predicted molar refractivity (Wildman–Crippen MR) is 111 cm³/mol. The molecule has 0 saturated carbocycles. The number of hydrogen-bond donors (Lipinski definition) is 0. The molecule has 2 heterocycles. The fourth-order valence-electron chi connectivity index (χ4n) is 3.28. The van der Waals surface area contributed by atoms with Crippen LogP contribution in [0.4, 0.5) is 0 Å². The zero-order valence-corrected chi connectivity index (χ0v) is 16.6. The highest BCUT2D eigenvalue weighted by molar-refractivity contribution is 7.89. The molecular formula is C22H21N3O3S. The molecule has 3 aromatic rings. The van der Waals surface area contributed by atoms with Crippen LogP contribution in [-0.4, -0.2) is 41.4 Å². The van der Waals surface area contributed by atoms with Gasteiger partial charge in [0.05, 0.1) is 16.8 Å². The molecule has 0 bridgehead atoms. The monoisotopic (exact) mass is 407 g/mol. The number of benzene rings is 2. The summed E-state index contributed by atoms with van der Waals surface area (Å²) in [6.07, 6.45) is 8.47. The van der Waals surface area contributed by atoms with E-state index < -0.39 is 10.0 Å². The van der Waals surface area contributed by atoms with Crippen LogP contribution in [0.25, 0.3) is 11.8 Å². The lowest BCUT2D eigenvalue weighted by Gasteiger charge is -2.15. The molecule has 0 radical (unpaired) electrons. The molecule has 148 valence electrons. The Kier molecular flexibility index (Phi) is 5.42. The lowest BCUT2D eigenvalue weighted by atomic mass is 10.1. The Morgan fingerprint density at radius 2 is 1.66 bits per heavy atom. The average molecular weight is 407 g/mol. The molecule has 0 spiro atoms. The van der Waals surface area contributed by atoms with Gasteiger partial charge >= 0.3 is 0 Å². The number of carbonyl (C=O) groups excluding carboxylic acids is 1. The van der Waals surface area contributed by atoms with Crippen LogP contribution in [-0.2, 0) is 10.0 Å². The Labute approximate surface area is 170 Å². The van der Waals surface area contributed by atoms with E-state index in [1.54, 1.807) is 29.1 Å². The van der Waals surface area contributed by atoms with E-state index in [4.69, 9.17) is 0 Å². The molecule has 1 aromatic heterocycles. The maximum absolute atomic E-state index is 12.6. The molecule has 6 nitrogen and oxygen atoms in total. The molecule has 2 aromatic carbocycles. The maximum Gasteiger partial charge on any atom is 0.243 e. The molecule has 0 amide bonds.